The summed E-state index contributed by atoms with van der Waals surface area (Å²) < 4.78 is 0. The Bertz CT molecular complexity index is 422. The fourth-order valence-electron chi connectivity index (χ4n) is 1.07. The summed E-state index contributed by atoms with van der Waals surface area (Å²) >= 11 is 2.73. The molecule has 0 saturated carbocycles. The van der Waals surface area contributed by atoms with Gasteiger partial charge in [-0.1, -0.05) is 0 Å². The third-order valence-electron chi connectivity index (χ3n) is 1.99. The number of nitrogens with two attached hydrogens (primary N) is 1. The lowest BCUT2D eigenvalue weighted by Crippen LogP contribution is -2.30. The van der Waals surface area contributed by atoms with Crippen molar-refractivity contribution in [3.8, 4) is 0 Å². The van der Waals surface area contributed by atoms with Crippen LogP contribution < -0.4 is 11.1 Å². The predicted molar refractivity (Wildman–Crippen MR) is 73.0 cm³/mol. The van der Waals surface area contributed by atoms with Gasteiger partial charge in [0.1, 0.15) is 6.04 Å². The van der Waals surface area contributed by atoms with Gasteiger partial charge in [-0.15, -0.1) is 11.3 Å². The van der Waals surface area contributed by atoms with Gasteiger partial charge in [0.25, 0.3) is 0 Å². The van der Waals surface area contributed by atoms with Crippen molar-refractivity contribution in [2.24, 2.45) is 5.73 Å². The minimum absolute atomic E-state index is 0.141. The van der Waals surface area contributed by atoms with Crippen molar-refractivity contribution in [3.05, 3.63) is 11.1 Å². The number of carboxylic acid groups (broad SMARTS) is 1. The van der Waals surface area contributed by atoms with E-state index in [4.69, 9.17) is 10.8 Å². The van der Waals surface area contributed by atoms with Crippen molar-refractivity contribution >= 4 is 40.1 Å². The van der Waals surface area contributed by atoms with Gasteiger partial charge < -0.3 is 16.2 Å². The summed E-state index contributed by atoms with van der Waals surface area (Å²) in [6.45, 7) is 1.86. The van der Waals surface area contributed by atoms with Gasteiger partial charge >= 0.3 is 5.97 Å². The second kappa shape index (κ2) is 7.34. The number of anilines is 1. The van der Waals surface area contributed by atoms with Crippen LogP contribution in [0.4, 0.5) is 5.13 Å². The Morgan fingerprint density at radius 1 is 1.67 bits per heavy atom. The molecule has 100 valence electrons. The molecule has 1 heterocycles. The normalized spacial score (nSPS) is 12.1. The van der Waals surface area contributed by atoms with Crippen LogP contribution in [0, 0.1) is 6.92 Å². The number of carbonyl (C=O) groups is 2. The number of aryl methyl sites for hydroxylation is 1. The van der Waals surface area contributed by atoms with E-state index in [2.05, 4.69) is 10.3 Å². The first kappa shape index (κ1) is 14.9. The van der Waals surface area contributed by atoms with Crippen molar-refractivity contribution < 1.29 is 14.7 Å². The van der Waals surface area contributed by atoms with Gasteiger partial charge in [0.05, 0.1) is 11.4 Å². The zero-order valence-corrected chi connectivity index (χ0v) is 11.5. The van der Waals surface area contributed by atoms with Crippen LogP contribution in [-0.4, -0.2) is 39.5 Å². The number of carboxylic acids is 1. The third-order valence-corrected chi connectivity index (χ3v) is 3.86. The Labute approximate surface area is 113 Å². The molecule has 0 aromatic carbocycles. The Morgan fingerprint density at radius 2 is 2.39 bits per heavy atom. The molecule has 1 rings (SSSR count). The maximum atomic E-state index is 11.5. The van der Waals surface area contributed by atoms with Crippen LogP contribution in [0.5, 0.6) is 0 Å². The van der Waals surface area contributed by atoms with Crippen LogP contribution >= 0.6 is 23.1 Å². The number of thioether (sulfide) groups is 1. The number of nitrogens with zero attached hydrogens (tertiary/aromatic N) is 1. The van der Waals surface area contributed by atoms with Crippen LogP contribution in [-0.2, 0) is 9.59 Å². The van der Waals surface area contributed by atoms with Crippen LogP contribution in [0.1, 0.15) is 12.1 Å². The molecular weight excluding hydrogens is 274 g/mol. The number of carbonyl (C=O) groups excluding carboxylic acids is 1. The number of aliphatic carboxylic acids is 1. The maximum Gasteiger partial charge on any atom is 0.320 e. The number of aromatic nitrogens is 1. The van der Waals surface area contributed by atoms with Gasteiger partial charge in [-0.2, -0.15) is 11.8 Å². The fraction of sp³-hybridized carbons (Fsp3) is 0.500. The molecule has 1 atom stereocenters. The van der Waals surface area contributed by atoms with Gasteiger partial charge in [0, 0.05) is 5.38 Å². The van der Waals surface area contributed by atoms with Gasteiger partial charge in [0.15, 0.2) is 5.13 Å². The molecule has 0 aliphatic heterocycles. The number of hydrogen-bond donors (Lipinski definition) is 3. The summed E-state index contributed by atoms with van der Waals surface area (Å²) in [5, 5.41) is 13.7. The average molecular weight is 289 g/mol. The lowest BCUT2D eigenvalue weighted by molar-refractivity contribution is -0.138. The van der Waals surface area contributed by atoms with Crippen molar-refractivity contribution in [1.82, 2.24) is 4.98 Å². The molecule has 0 bridgehead atoms. The average Bonchev–Trinajstić information content (AvgIpc) is 2.69. The molecule has 1 amide bonds. The maximum absolute atomic E-state index is 11.5. The van der Waals surface area contributed by atoms with Gasteiger partial charge in [-0.05, 0) is 19.1 Å². The topological polar surface area (TPSA) is 105 Å². The van der Waals surface area contributed by atoms with Crippen LogP contribution in [0.25, 0.3) is 0 Å². The van der Waals surface area contributed by atoms with Crippen LogP contribution in [0.3, 0.4) is 0 Å². The van der Waals surface area contributed by atoms with E-state index in [1.54, 1.807) is 0 Å². The molecule has 1 unspecified atom stereocenters. The standard InChI is InChI=1S/C10H15N3O3S2/c1-6-4-18-10(12-6)13-8(14)5-17-3-2-7(11)9(15)16/h4,7H,2-3,5,11H2,1H3,(H,15,16)(H,12,13,14). The van der Waals surface area contributed by atoms with Crippen molar-refractivity contribution in [2.75, 3.05) is 16.8 Å². The third kappa shape index (κ3) is 5.48. The van der Waals surface area contributed by atoms with E-state index in [-0.39, 0.29) is 11.7 Å². The molecule has 8 heteroatoms. The first-order chi connectivity index (χ1) is 8.49. The largest absolute Gasteiger partial charge is 0.480 e. The minimum atomic E-state index is -1.02. The molecule has 1 aromatic heterocycles. The van der Waals surface area contributed by atoms with E-state index >= 15 is 0 Å². The molecule has 18 heavy (non-hydrogen) atoms. The highest BCUT2D eigenvalue weighted by molar-refractivity contribution is 7.99. The smallest absolute Gasteiger partial charge is 0.320 e. The highest BCUT2D eigenvalue weighted by atomic mass is 32.2. The Kier molecular flexibility index (Phi) is 6.10. The highest BCUT2D eigenvalue weighted by Crippen LogP contribution is 2.15. The molecule has 0 aliphatic carbocycles. The molecule has 0 spiro atoms. The van der Waals surface area contributed by atoms with E-state index < -0.39 is 12.0 Å². The summed E-state index contributed by atoms with van der Waals surface area (Å²) in [5.74, 6) is -0.348. The number of amides is 1. The number of rotatable bonds is 7. The number of hydrogen-bond acceptors (Lipinski definition) is 6. The first-order valence-electron chi connectivity index (χ1n) is 5.27. The van der Waals surface area contributed by atoms with E-state index in [1.165, 1.54) is 23.1 Å². The summed E-state index contributed by atoms with van der Waals surface area (Å²) in [6.07, 6.45) is 0.351. The van der Waals surface area contributed by atoms with E-state index in [9.17, 15) is 9.59 Å². The zero-order valence-electron chi connectivity index (χ0n) is 9.88. The SMILES string of the molecule is Cc1csc(NC(=O)CSCCC(N)C(=O)O)n1. The zero-order chi connectivity index (χ0) is 13.5. The second-order valence-corrected chi connectivity index (χ2v) is 5.59. The van der Waals surface area contributed by atoms with E-state index in [0.717, 1.165) is 5.69 Å². The number of thiazole rings is 1. The summed E-state index contributed by atoms with van der Waals surface area (Å²) in [4.78, 5) is 26.0. The minimum Gasteiger partial charge on any atom is -0.480 e. The van der Waals surface area contributed by atoms with Crippen LogP contribution in [0.15, 0.2) is 5.38 Å². The highest BCUT2D eigenvalue weighted by Gasteiger charge is 2.11. The summed E-state index contributed by atoms with van der Waals surface area (Å²) in [6, 6.07) is -0.859. The predicted octanol–water partition coefficient (Wildman–Crippen LogP) is 0.925. The molecule has 4 N–H and O–H groups in total. The quantitative estimate of drug-likeness (QED) is 0.645. The molecular formula is C10H15N3O3S2. The molecule has 0 saturated heterocycles. The molecule has 0 radical (unpaired) electrons. The molecule has 0 fully saturated rings. The lowest BCUT2D eigenvalue weighted by atomic mass is 10.2. The van der Waals surface area contributed by atoms with Gasteiger partial charge in [-0.3, -0.25) is 9.59 Å². The van der Waals surface area contributed by atoms with E-state index in [1.807, 2.05) is 12.3 Å². The molecule has 1 aromatic rings. The summed E-state index contributed by atoms with van der Waals surface area (Å²) in [5.41, 5.74) is 6.21. The Hall–Kier alpha value is -1.12. The first-order valence-corrected chi connectivity index (χ1v) is 7.30. The van der Waals surface area contributed by atoms with E-state index in [0.29, 0.717) is 17.3 Å². The second-order valence-electron chi connectivity index (χ2n) is 3.63. The van der Waals surface area contributed by atoms with Gasteiger partial charge in [-0.25, -0.2) is 4.98 Å². The van der Waals surface area contributed by atoms with Crippen molar-refractivity contribution in [3.63, 3.8) is 0 Å². The lowest BCUT2D eigenvalue weighted by Gasteiger charge is -2.05. The van der Waals surface area contributed by atoms with Crippen molar-refractivity contribution in [1.29, 1.82) is 0 Å². The number of nitrogens with one attached hydrogen (secondary N) is 1. The van der Waals surface area contributed by atoms with Crippen LogP contribution in [0.2, 0.25) is 0 Å². The summed E-state index contributed by atoms with van der Waals surface area (Å²) in [7, 11) is 0. The fourth-order valence-corrected chi connectivity index (χ4v) is 2.59. The Balaban J connectivity index is 2.16. The molecule has 6 nitrogen and oxygen atoms in total. The Morgan fingerprint density at radius 3 is 2.94 bits per heavy atom. The monoisotopic (exact) mass is 289 g/mol. The van der Waals surface area contributed by atoms with Gasteiger partial charge in [0.2, 0.25) is 5.91 Å². The van der Waals surface area contributed by atoms with Crippen molar-refractivity contribution in [2.45, 2.75) is 19.4 Å². The molecule has 0 aliphatic rings.